The summed E-state index contributed by atoms with van der Waals surface area (Å²) in [7, 11) is 1.67. The normalized spacial score (nSPS) is 17.4. The predicted molar refractivity (Wildman–Crippen MR) is 88.3 cm³/mol. The summed E-state index contributed by atoms with van der Waals surface area (Å²) in [6.07, 6.45) is 9.23. The standard InChI is InChI=1S/C18H21N3O2/c1-20-13-15(5-7-17(20)22)18(23)21-12-2-3-16(21)6-4-14-8-10-19-11-9-14/h5,7-11,13,16H,2-4,6,12H2,1H3. The summed E-state index contributed by atoms with van der Waals surface area (Å²) in [4.78, 5) is 30.2. The first-order chi connectivity index (χ1) is 11.1. The molecule has 1 aliphatic rings. The highest BCUT2D eigenvalue weighted by Crippen LogP contribution is 2.23. The highest BCUT2D eigenvalue weighted by atomic mass is 16.2. The number of hydrogen-bond donors (Lipinski definition) is 0. The molecule has 1 fully saturated rings. The fraction of sp³-hybridized carbons (Fsp3) is 0.389. The molecule has 2 aromatic heterocycles. The van der Waals surface area contributed by atoms with Gasteiger partial charge in [0.25, 0.3) is 5.91 Å². The summed E-state index contributed by atoms with van der Waals surface area (Å²) in [5.41, 5.74) is 1.74. The number of carbonyl (C=O) groups is 1. The summed E-state index contributed by atoms with van der Waals surface area (Å²) < 4.78 is 1.45. The molecule has 0 spiro atoms. The topological polar surface area (TPSA) is 55.2 Å². The molecule has 0 aromatic carbocycles. The fourth-order valence-electron chi connectivity index (χ4n) is 3.17. The lowest BCUT2D eigenvalue weighted by atomic mass is 10.0. The number of amides is 1. The van der Waals surface area contributed by atoms with E-state index in [1.165, 1.54) is 16.2 Å². The van der Waals surface area contributed by atoms with Gasteiger partial charge < -0.3 is 9.47 Å². The first-order valence-electron chi connectivity index (χ1n) is 8.02. The molecular formula is C18H21N3O2. The van der Waals surface area contributed by atoms with Crippen LogP contribution in [-0.4, -0.2) is 32.9 Å². The highest BCUT2D eigenvalue weighted by molar-refractivity contribution is 5.94. The van der Waals surface area contributed by atoms with Gasteiger partial charge in [-0.05, 0) is 49.4 Å². The van der Waals surface area contributed by atoms with E-state index in [0.29, 0.717) is 5.56 Å². The van der Waals surface area contributed by atoms with Gasteiger partial charge in [0.1, 0.15) is 0 Å². The van der Waals surface area contributed by atoms with Crippen molar-refractivity contribution in [3.63, 3.8) is 0 Å². The van der Waals surface area contributed by atoms with Gasteiger partial charge in [-0.25, -0.2) is 0 Å². The minimum Gasteiger partial charge on any atom is -0.336 e. The molecule has 1 saturated heterocycles. The molecule has 1 amide bonds. The van der Waals surface area contributed by atoms with Crippen LogP contribution in [0.25, 0.3) is 0 Å². The van der Waals surface area contributed by atoms with Crippen LogP contribution in [0.15, 0.2) is 47.7 Å². The van der Waals surface area contributed by atoms with Crippen molar-refractivity contribution in [2.24, 2.45) is 7.05 Å². The van der Waals surface area contributed by atoms with Crippen LogP contribution in [0.5, 0.6) is 0 Å². The van der Waals surface area contributed by atoms with Gasteiger partial charge in [0.15, 0.2) is 0 Å². The second-order valence-corrected chi connectivity index (χ2v) is 6.06. The number of carbonyl (C=O) groups excluding carboxylic acids is 1. The molecule has 3 rings (SSSR count). The maximum atomic E-state index is 12.7. The molecule has 120 valence electrons. The van der Waals surface area contributed by atoms with Crippen LogP contribution in [0.3, 0.4) is 0 Å². The zero-order valence-electron chi connectivity index (χ0n) is 13.3. The van der Waals surface area contributed by atoms with Crippen LogP contribution < -0.4 is 5.56 Å². The molecule has 0 radical (unpaired) electrons. The SMILES string of the molecule is Cn1cc(C(=O)N2CCCC2CCc2ccncc2)ccc1=O. The number of hydrogen-bond acceptors (Lipinski definition) is 3. The molecule has 0 bridgehead atoms. The Kier molecular flexibility index (Phi) is 4.55. The Morgan fingerprint density at radius 3 is 2.78 bits per heavy atom. The number of aryl methyl sites for hydroxylation is 2. The van der Waals surface area contributed by atoms with Gasteiger partial charge in [0.2, 0.25) is 5.56 Å². The van der Waals surface area contributed by atoms with Gasteiger partial charge in [0.05, 0.1) is 5.56 Å². The first-order valence-corrected chi connectivity index (χ1v) is 8.02. The number of pyridine rings is 2. The molecule has 0 aliphatic carbocycles. The van der Waals surface area contributed by atoms with Gasteiger partial charge in [-0.1, -0.05) is 0 Å². The fourth-order valence-corrected chi connectivity index (χ4v) is 3.17. The number of likely N-dealkylation sites (tertiary alicyclic amines) is 1. The van der Waals surface area contributed by atoms with Crippen molar-refractivity contribution in [3.8, 4) is 0 Å². The van der Waals surface area contributed by atoms with E-state index >= 15 is 0 Å². The van der Waals surface area contributed by atoms with E-state index in [1.807, 2.05) is 17.0 Å². The lowest BCUT2D eigenvalue weighted by Gasteiger charge is -2.25. The zero-order chi connectivity index (χ0) is 16.2. The predicted octanol–water partition coefficient (Wildman–Crippen LogP) is 2.02. The Hall–Kier alpha value is -2.43. The van der Waals surface area contributed by atoms with Gasteiger partial charge in [-0.3, -0.25) is 14.6 Å². The highest BCUT2D eigenvalue weighted by Gasteiger charge is 2.29. The third-order valence-electron chi connectivity index (χ3n) is 4.49. The second kappa shape index (κ2) is 6.77. The average molecular weight is 311 g/mol. The van der Waals surface area contributed by atoms with Crippen LogP contribution >= 0.6 is 0 Å². The van der Waals surface area contributed by atoms with E-state index in [-0.39, 0.29) is 17.5 Å². The van der Waals surface area contributed by atoms with Crippen LogP contribution in [0.1, 0.15) is 35.2 Å². The number of nitrogens with zero attached hydrogens (tertiary/aromatic N) is 3. The summed E-state index contributed by atoms with van der Waals surface area (Å²) in [5.74, 6) is 0.0258. The van der Waals surface area contributed by atoms with E-state index in [1.54, 1.807) is 31.7 Å². The Bertz CT molecular complexity index is 739. The monoisotopic (exact) mass is 311 g/mol. The Morgan fingerprint density at radius 1 is 1.26 bits per heavy atom. The van der Waals surface area contributed by atoms with Crippen LogP contribution in [0.4, 0.5) is 0 Å². The first kappa shape index (κ1) is 15.5. The Balaban J connectivity index is 1.69. The van der Waals surface area contributed by atoms with E-state index in [2.05, 4.69) is 4.98 Å². The van der Waals surface area contributed by atoms with E-state index in [0.717, 1.165) is 32.2 Å². The summed E-state index contributed by atoms with van der Waals surface area (Å²) in [5, 5.41) is 0. The van der Waals surface area contributed by atoms with Crippen molar-refractivity contribution in [2.75, 3.05) is 6.54 Å². The third-order valence-corrected chi connectivity index (χ3v) is 4.49. The molecule has 5 heteroatoms. The van der Waals surface area contributed by atoms with Crippen molar-refractivity contribution in [2.45, 2.75) is 31.7 Å². The van der Waals surface area contributed by atoms with Crippen molar-refractivity contribution in [1.29, 1.82) is 0 Å². The molecule has 0 saturated carbocycles. The molecule has 1 unspecified atom stereocenters. The number of rotatable bonds is 4. The van der Waals surface area contributed by atoms with E-state index < -0.39 is 0 Å². The summed E-state index contributed by atoms with van der Waals surface area (Å²) in [6.45, 7) is 0.794. The minimum absolute atomic E-state index is 0.0258. The third kappa shape index (κ3) is 3.50. The molecular weight excluding hydrogens is 290 g/mol. The zero-order valence-corrected chi connectivity index (χ0v) is 13.3. The average Bonchev–Trinajstić information content (AvgIpc) is 3.04. The van der Waals surface area contributed by atoms with E-state index in [9.17, 15) is 9.59 Å². The van der Waals surface area contributed by atoms with Crippen LogP contribution in [-0.2, 0) is 13.5 Å². The molecule has 23 heavy (non-hydrogen) atoms. The molecule has 1 atom stereocenters. The van der Waals surface area contributed by atoms with Gasteiger partial charge in [-0.2, -0.15) is 0 Å². The summed E-state index contributed by atoms with van der Waals surface area (Å²) >= 11 is 0. The maximum Gasteiger partial charge on any atom is 0.255 e. The summed E-state index contributed by atoms with van der Waals surface area (Å²) in [6, 6.07) is 7.40. The Labute approximate surface area is 135 Å². The van der Waals surface area contributed by atoms with Crippen molar-refractivity contribution >= 4 is 5.91 Å². The molecule has 2 aromatic rings. The largest absolute Gasteiger partial charge is 0.336 e. The molecule has 0 N–H and O–H groups in total. The smallest absolute Gasteiger partial charge is 0.255 e. The van der Waals surface area contributed by atoms with Gasteiger partial charge >= 0.3 is 0 Å². The Morgan fingerprint density at radius 2 is 2.04 bits per heavy atom. The van der Waals surface area contributed by atoms with Crippen LogP contribution in [0.2, 0.25) is 0 Å². The van der Waals surface area contributed by atoms with Gasteiger partial charge in [0, 0.05) is 44.3 Å². The van der Waals surface area contributed by atoms with Gasteiger partial charge in [-0.15, -0.1) is 0 Å². The van der Waals surface area contributed by atoms with E-state index in [4.69, 9.17) is 0 Å². The van der Waals surface area contributed by atoms with Crippen LogP contribution in [0, 0.1) is 0 Å². The number of aromatic nitrogens is 2. The van der Waals surface area contributed by atoms with Crippen molar-refractivity contribution < 1.29 is 4.79 Å². The molecule has 1 aliphatic heterocycles. The maximum absolute atomic E-state index is 12.7. The van der Waals surface area contributed by atoms with Crippen molar-refractivity contribution in [3.05, 3.63) is 64.3 Å². The van der Waals surface area contributed by atoms with Crippen molar-refractivity contribution in [1.82, 2.24) is 14.5 Å². The molecule has 3 heterocycles. The lowest BCUT2D eigenvalue weighted by molar-refractivity contribution is 0.0729. The molecule has 5 nitrogen and oxygen atoms in total. The lowest BCUT2D eigenvalue weighted by Crippen LogP contribution is -2.36. The quantitative estimate of drug-likeness (QED) is 0.868. The minimum atomic E-state index is -0.0998. The second-order valence-electron chi connectivity index (χ2n) is 6.06.